The monoisotopic (exact) mass is 381 g/mol. The molecule has 2 aromatic carbocycles. The average Bonchev–Trinajstić information content (AvgIpc) is 2.73. The number of carbonyl (C=O) groups is 1. The second-order valence-electron chi connectivity index (χ2n) is 7.52. The Hall–Kier alpha value is -2.49. The van der Waals surface area contributed by atoms with Crippen LogP contribution < -0.4 is 14.8 Å². The molecule has 2 atom stereocenters. The molecular weight excluding hydrogens is 350 g/mol. The van der Waals surface area contributed by atoms with Crippen LogP contribution >= 0.6 is 0 Å². The lowest BCUT2D eigenvalue weighted by Crippen LogP contribution is -2.47. The maximum atomic E-state index is 12.9. The highest BCUT2D eigenvalue weighted by atomic mass is 16.5. The quantitative estimate of drug-likeness (QED) is 0.716. The molecule has 1 aliphatic rings. The maximum Gasteiger partial charge on any atom is 0.261 e. The van der Waals surface area contributed by atoms with E-state index in [1.54, 1.807) is 6.92 Å². The molecule has 0 saturated carbocycles. The molecule has 150 valence electrons. The SMILES string of the molecule is CCc1ccccc1O[C@H](C)C(=O)N[C@@H]1CC(CC)(CC)Oc2ccccc21. The molecule has 0 aliphatic carbocycles. The lowest BCUT2D eigenvalue weighted by atomic mass is 9.83. The van der Waals surface area contributed by atoms with E-state index in [0.29, 0.717) is 0 Å². The zero-order chi connectivity index (χ0) is 20.1. The van der Waals surface area contributed by atoms with E-state index in [1.807, 2.05) is 48.5 Å². The van der Waals surface area contributed by atoms with Crippen LogP contribution in [0.3, 0.4) is 0 Å². The predicted octanol–water partition coefficient (Wildman–Crippen LogP) is 5.22. The average molecular weight is 382 g/mol. The minimum atomic E-state index is -0.569. The van der Waals surface area contributed by atoms with Gasteiger partial charge in [-0.05, 0) is 43.9 Å². The first-order chi connectivity index (χ1) is 13.5. The molecule has 0 fully saturated rings. The summed E-state index contributed by atoms with van der Waals surface area (Å²) in [4.78, 5) is 12.9. The molecule has 0 saturated heterocycles. The first kappa shape index (κ1) is 20.2. The molecule has 4 heteroatoms. The van der Waals surface area contributed by atoms with E-state index in [-0.39, 0.29) is 17.6 Å². The van der Waals surface area contributed by atoms with Crippen molar-refractivity contribution >= 4 is 5.91 Å². The van der Waals surface area contributed by atoms with Crippen LogP contribution in [0.5, 0.6) is 11.5 Å². The van der Waals surface area contributed by atoms with Crippen LogP contribution in [0, 0.1) is 0 Å². The van der Waals surface area contributed by atoms with Gasteiger partial charge in [-0.1, -0.05) is 57.2 Å². The Bertz CT molecular complexity index is 813. The fraction of sp³-hybridized carbons (Fsp3) is 0.458. The number of para-hydroxylation sites is 2. The van der Waals surface area contributed by atoms with Gasteiger partial charge in [-0.3, -0.25) is 4.79 Å². The Labute approximate surface area is 168 Å². The van der Waals surface area contributed by atoms with Gasteiger partial charge in [-0.25, -0.2) is 0 Å². The molecule has 1 N–H and O–H groups in total. The fourth-order valence-electron chi connectivity index (χ4n) is 3.87. The first-order valence-corrected chi connectivity index (χ1v) is 10.3. The van der Waals surface area contributed by atoms with Crippen LogP contribution in [-0.4, -0.2) is 17.6 Å². The van der Waals surface area contributed by atoms with Gasteiger partial charge in [-0.2, -0.15) is 0 Å². The van der Waals surface area contributed by atoms with Gasteiger partial charge >= 0.3 is 0 Å². The number of hydrogen-bond donors (Lipinski definition) is 1. The van der Waals surface area contributed by atoms with Crippen molar-refractivity contribution in [3.05, 3.63) is 59.7 Å². The van der Waals surface area contributed by atoms with Crippen molar-refractivity contribution < 1.29 is 14.3 Å². The molecule has 1 aliphatic heterocycles. The van der Waals surface area contributed by atoms with Crippen molar-refractivity contribution in [1.29, 1.82) is 0 Å². The minimum Gasteiger partial charge on any atom is -0.487 e. The van der Waals surface area contributed by atoms with Crippen LogP contribution in [0.1, 0.15) is 64.1 Å². The minimum absolute atomic E-state index is 0.0789. The zero-order valence-electron chi connectivity index (χ0n) is 17.3. The van der Waals surface area contributed by atoms with Gasteiger partial charge in [0.1, 0.15) is 17.1 Å². The zero-order valence-corrected chi connectivity index (χ0v) is 17.3. The van der Waals surface area contributed by atoms with E-state index >= 15 is 0 Å². The summed E-state index contributed by atoms with van der Waals surface area (Å²) in [5.41, 5.74) is 1.90. The van der Waals surface area contributed by atoms with Gasteiger partial charge in [-0.15, -0.1) is 0 Å². The Morgan fingerprint density at radius 1 is 1.14 bits per heavy atom. The second kappa shape index (κ2) is 8.68. The van der Waals surface area contributed by atoms with E-state index in [1.165, 1.54) is 0 Å². The third-order valence-electron chi connectivity index (χ3n) is 5.83. The first-order valence-electron chi connectivity index (χ1n) is 10.3. The summed E-state index contributed by atoms with van der Waals surface area (Å²) in [6.45, 7) is 8.17. The molecule has 0 spiro atoms. The molecule has 0 unspecified atom stereocenters. The lowest BCUT2D eigenvalue weighted by molar-refractivity contribution is -0.128. The number of aryl methyl sites for hydroxylation is 1. The third-order valence-corrected chi connectivity index (χ3v) is 5.83. The van der Waals surface area contributed by atoms with E-state index < -0.39 is 6.10 Å². The third kappa shape index (κ3) is 4.16. The van der Waals surface area contributed by atoms with Crippen molar-refractivity contribution in [2.75, 3.05) is 0 Å². The number of benzene rings is 2. The number of amides is 1. The number of carbonyl (C=O) groups excluding carboxylic acids is 1. The van der Waals surface area contributed by atoms with Crippen LogP contribution in [0.25, 0.3) is 0 Å². The molecule has 0 radical (unpaired) electrons. The van der Waals surface area contributed by atoms with Crippen molar-refractivity contribution in [2.45, 2.75) is 71.1 Å². The molecule has 1 amide bonds. The highest BCUT2D eigenvalue weighted by Crippen LogP contribution is 2.42. The summed E-state index contributed by atoms with van der Waals surface area (Å²) in [5, 5.41) is 3.21. The van der Waals surface area contributed by atoms with Crippen LogP contribution in [0.2, 0.25) is 0 Å². The molecule has 2 aromatic rings. The smallest absolute Gasteiger partial charge is 0.261 e. The summed E-state index contributed by atoms with van der Waals surface area (Å²) in [5.74, 6) is 1.54. The van der Waals surface area contributed by atoms with E-state index in [4.69, 9.17) is 9.47 Å². The number of hydrogen-bond acceptors (Lipinski definition) is 3. The van der Waals surface area contributed by atoms with Gasteiger partial charge < -0.3 is 14.8 Å². The van der Waals surface area contributed by atoms with Crippen LogP contribution in [0.4, 0.5) is 0 Å². The van der Waals surface area contributed by atoms with Crippen molar-refractivity contribution in [3.63, 3.8) is 0 Å². The van der Waals surface area contributed by atoms with E-state index in [2.05, 4.69) is 26.1 Å². The summed E-state index contributed by atoms with van der Waals surface area (Å²) in [7, 11) is 0. The lowest BCUT2D eigenvalue weighted by Gasteiger charge is -2.41. The van der Waals surface area contributed by atoms with Gasteiger partial charge in [0.05, 0.1) is 6.04 Å². The van der Waals surface area contributed by atoms with Crippen LogP contribution in [0.15, 0.2) is 48.5 Å². The number of ether oxygens (including phenoxy) is 2. The van der Waals surface area contributed by atoms with E-state index in [0.717, 1.165) is 48.3 Å². The number of nitrogens with one attached hydrogen (secondary N) is 1. The summed E-state index contributed by atoms with van der Waals surface area (Å²) >= 11 is 0. The Morgan fingerprint density at radius 2 is 1.82 bits per heavy atom. The molecule has 0 aromatic heterocycles. The summed E-state index contributed by atoms with van der Waals surface area (Å²) in [6.07, 6.45) is 2.87. The molecule has 0 bridgehead atoms. The van der Waals surface area contributed by atoms with Crippen molar-refractivity contribution in [1.82, 2.24) is 5.32 Å². The normalized spacial score (nSPS) is 18.5. The van der Waals surface area contributed by atoms with Crippen molar-refractivity contribution in [2.24, 2.45) is 0 Å². The topological polar surface area (TPSA) is 47.6 Å². The highest BCUT2D eigenvalue weighted by Gasteiger charge is 2.39. The number of rotatable bonds is 7. The summed E-state index contributed by atoms with van der Waals surface area (Å²) < 4.78 is 12.3. The number of fused-ring (bicyclic) bond motifs is 1. The highest BCUT2D eigenvalue weighted by molar-refractivity contribution is 5.81. The second-order valence-corrected chi connectivity index (χ2v) is 7.52. The maximum absolute atomic E-state index is 12.9. The van der Waals surface area contributed by atoms with Gasteiger partial charge in [0.2, 0.25) is 0 Å². The Balaban J connectivity index is 1.77. The molecule has 3 rings (SSSR count). The standard InChI is InChI=1S/C24H31NO3/c1-5-18-12-8-10-14-21(18)27-17(4)23(26)25-20-16-24(6-2,7-3)28-22-15-11-9-13-19(20)22/h8-15,17,20H,5-7,16H2,1-4H3,(H,25,26)/t17-,20-/m1/s1. The molecular formula is C24H31NO3. The molecule has 28 heavy (non-hydrogen) atoms. The van der Waals surface area contributed by atoms with E-state index in [9.17, 15) is 4.79 Å². The van der Waals surface area contributed by atoms with Gasteiger partial charge in [0.15, 0.2) is 6.10 Å². The largest absolute Gasteiger partial charge is 0.487 e. The Kier molecular flexibility index (Phi) is 6.28. The predicted molar refractivity (Wildman–Crippen MR) is 112 cm³/mol. The fourth-order valence-corrected chi connectivity index (χ4v) is 3.87. The van der Waals surface area contributed by atoms with Gasteiger partial charge in [0.25, 0.3) is 5.91 Å². The van der Waals surface area contributed by atoms with Crippen molar-refractivity contribution in [3.8, 4) is 11.5 Å². The summed E-state index contributed by atoms with van der Waals surface area (Å²) in [6, 6.07) is 15.8. The van der Waals surface area contributed by atoms with Gasteiger partial charge in [0, 0.05) is 12.0 Å². The molecule has 4 nitrogen and oxygen atoms in total. The Morgan fingerprint density at radius 3 is 2.54 bits per heavy atom. The van der Waals surface area contributed by atoms with Crippen LogP contribution in [-0.2, 0) is 11.2 Å². The molecule has 1 heterocycles.